The van der Waals surface area contributed by atoms with Crippen LogP contribution in [0.5, 0.6) is 17.2 Å². The molecule has 0 saturated carbocycles. The molecule has 2 N–H and O–H groups in total. The highest BCUT2D eigenvalue weighted by molar-refractivity contribution is 5.97. The standard InChI is InChI=1S/C19H21N3O6/c1-3-4-9-28-18-15(22(25)26)10-13(11-17(18)27-2)12-20-21-19(24)14-7-5-6-8-16(14)23/h5-8,10-12,23H,3-4,9H2,1-2H3,(H,21,24)/b20-12-. The number of methoxy groups -OCH3 is 1. The molecule has 9 nitrogen and oxygen atoms in total. The number of unbranched alkanes of at least 4 members (excludes halogenated alkanes) is 1. The van der Waals surface area contributed by atoms with E-state index < -0.39 is 10.8 Å². The SMILES string of the molecule is CCCCOc1c(OC)cc(/C=N\NC(=O)c2ccccc2O)cc1[N+](=O)[O-]. The topological polar surface area (TPSA) is 123 Å². The summed E-state index contributed by atoms with van der Waals surface area (Å²) in [5.74, 6) is -0.549. The van der Waals surface area contributed by atoms with Crippen LogP contribution in [-0.4, -0.2) is 35.9 Å². The number of hydrogen-bond acceptors (Lipinski definition) is 7. The first-order valence-corrected chi connectivity index (χ1v) is 8.58. The number of hydrogen-bond donors (Lipinski definition) is 2. The Morgan fingerprint density at radius 3 is 2.75 bits per heavy atom. The Balaban J connectivity index is 2.22. The van der Waals surface area contributed by atoms with Crippen molar-refractivity contribution in [2.45, 2.75) is 19.8 Å². The van der Waals surface area contributed by atoms with Gasteiger partial charge in [-0.3, -0.25) is 14.9 Å². The van der Waals surface area contributed by atoms with Crippen molar-refractivity contribution < 1.29 is 24.3 Å². The van der Waals surface area contributed by atoms with Crippen molar-refractivity contribution in [3.05, 3.63) is 57.6 Å². The van der Waals surface area contributed by atoms with E-state index in [1.54, 1.807) is 12.1 Å². The molecule has 0 atom stereocenters. The van der Waals surface area contributed by atoms with Gasteiger partial charge in [-0.25, -0.2) is 5.43 Å². The second-order valence-electron chi connectivity index (χ2n) is 5.75. The molecular formula is C19H21N3O6. The summed E-state index contributed by atoms with van der Waals surface area (Å²) in [6.07, 6.45) is 2.88. The molecule has 0 aliphatic rings. The Hall–Kier alpha value is -3.62. The Labute approximate surface area is 161 Å². The van der Waals surface area contributed by atoms with Gasteiger partial charge in [0, 0.05) is 11.6 Å². The zero-order valence-electron chi connectivity index (χ0n) is 15.5. The molecule has 0 aliphatic carbocycles. The first-order valence-electron chi connectivity index (χ1n) is 8.58. The van der Waals surface area contributed by atoms with E-state index in [4.69, 9.17) is 9.47 Å². The van der Waals surface area contributed by atoms with Gasteiger partial charge in [-0.05, 0) is 24.6 Å². The normalized spacial score (nSPS) is 10.6. The number of ether oxygens (including phenoxy) is 2. The average molecular weight is 387 g/mol. The van der Waals surface area contributed by atoms with Crippen LogP contribution in [0, 0.1) is 10.1 Å². The van der Waals surface area contributed by atoms with Crippen molar-refractivity contribution in [3.63, 3.8) is 0 Å². The number of phenolic OH excluding ortho intramolecular Hbond substituents is 1. The summed E-state index contributed by atoms with van der Waals surface area (Å²) in [4.78, 5) is 22.9. The fourth-order valence-electron chi connectivity index (χ4n) is 2.32. The lowest BCUT2D eigenvalue weighted by molar-refractivity contribution is -0.386. The zero-order chi connectivity index (χ0) is 20.5. The number of aromatic hydroxyl groups is 1. The van der Waals surface area contributed by atoms with E-state index in [0.717, 1.165) is 12.8 Å². The fourth-order valence-corrected chi connectivity index (χ4v) is 2.32. The van der Waals surface area contributed by atoms with Gasteiger partial charge in [0.15, 0.2) is 5.75 Å². The minimum Gasteiger partial charge on any atom is -0.507 e. The molecule has 9 heteroatoms. The Morgan fingerprint density at radius 1 is 1.36 bits per heavy atom. The van der Waals surface area contributed by atoms with E-state index >= 15 is 0 Å². The molecule has 0 spiro atoms. The number of phenols is 1. The van der Waals surface area contributed by atoms with Gasteiger partial charge in [0.25, 0.3) is 5.91 Å². The highest BCUT2D eigenvalue weighted by Gasteiger charge is 2.22. The zero-order valence-corrected chi connectivity index (χ0v) is 15.5. The number of amides is 1. The number of carbonyl (C=O) groups excluding carboxylic acids is 1. The van der Waals surface area contributed by atoms with E-state index in [0.29, 0.717) is 12.2 Å². The molecule has 0 radical (unpaired) electrons. The second-order valence-corrected chi connectivity index (χ2v) is 5.75. The van der Waals surface area contributed by atoms with Crippen LogP contribution in [0.15, 0.2) is 41.5 Å². The molecule has 2 aromatic carbocycles. The molecule has 148 valence electrons. The Kier molecular flexibility index (Phi) is 7.32. The summed E-state index contributed by atoms with van der Waals surface area (Å²) in [7, 11) is 1.38. The van der Waals surface area contributed by atoms with Crippen LogP contribution in [0.4, 0.5) is 5.69 Å². The predicted molar refractivity (Wildman–Crippen MR) is 103 cm³/mol. The number of benzene rings is 2. The Morgan fingerprint density at radius 2 is 2.11 bits per heavy atom. The van der Waals surface area contributed by atoms with E-state index in [1.165, 1.54) is 37.6 Å². The maximum Gasteiger partial charge on any atom is 0.315 e. The molecule has 0 aliphatic heterocycles. The van der Waals surface area contributed by atoms with Gasteiger partial charge < -0.3 is 14.6 Å². The lowest BCUT2D eigenvalue weighted by Gasteiger charge is -2.11. The van der Waals surface area contributed by atoms with Gasteiger partial charge in [-0.15, -0.1) is 0 Å². The third-order valence-corrected chi connectivity index (χ3v) is 3.75. The van der Waals surface area contributed by atoms with Crippen molar-refractivity contribution in [2.75, 3.05) is 13.7 Å². The maximum absolute atomic E-state index is 12.0. The average Bonchev–Trinajstić information content (AvgIpc) is 2.68. The second kappa shape index (κ2) is 9.91. The highest BCUT2D eigenvalue weighted by Crippen LogP contribution is 2.38. The molecule has 28 heavy (non-hydrogen) atoms. The van der Waals surface area contributed by atoms with Crippen LogP contribution in [0.3, 0.4) is 0 Å². The quantitative estimate of drug-likeness (QED) is 0.295. The molecule has 2 aromatic rings. The minimum absolute atomic E-state index is 0.0522. The summed E-state index contributed by atoms with van der Waals surface area (Å²) in [6, 6.07) is 8.80. The van der Waals surface area contributed by atoms with Gasteiger partial charge >= 0.3 is 5.69 Å². The van der Waals surface area contributed by atoms with Crippen LogP contribution in [-0.2, 0) is 0 Å². The van der Waals surface area contributed by atoms with E-state index in [2.05, 4.69) is 10.5 Å². The van der Waals surface area contributed by atoms with Crippen molar-refractivity contribution in [2.24, 2.45) is 5.10 Å². The number of hydrazone groups is 1. The number of nitro groups is 1. The predicted octanol–water partition coefficient (Wildman–Crippen LogP) is 3.25. The lowest BCUT2D eigenvalue weighted by atomic mass is 10.2. The number of rotatable bonds is 9. The molecule has 0 fully saturated rings. The van der Waals surface area contributed by atoms with Crippen molar-refractivity contribution in [1.29, 1.82) is 0 Å². The molecule has 2 rings (SSSR count). The smallest absolute Gasteiger partial charge is 0.315 e. The molecule has 0 aromatic heterocycles. The molecule has 0 bridgehead atoms. The summed E-state index contributed by atoms with van der Waals surface area (Å²) in [6.45, 7) is 2.32. The fraction of sp³-hybridized carbons (Fsp3) is 0.263. The lowest BCUT2D eigenvalue weighted by Crippen LogP contribution is -2.17. The summed E-state index contributed by atoms with van der Waals surface area (Å²) >= 11 is 0. The monoisotopic (exact) mass is 387 g/mol. The van der Waals surface area contributed by atoms with Crippen molar-refractivity contribution in [1.82, 2.24) is 5.43 Å². The summed E-state index contributed by atoms with van der Waals surface area (Å²) < 4.78 is 10.7. The van der Waals surface area contributed by atoms with Crippen LogP contribution in [0.2, 0.25) is 0 Å². The maximum atomic E-state index is 12.0. The first-order chi connectivity index (χ1) is 13.5. The number of carbonyl (C=O) groups is 1. The van der Waals surface area contributed by atoms with Gasteiger partial charge in [0.2, 0.25) is 5.75 Å². The van der Waals surface area contributed by atoms with Crippen LogP contribution < -0.4 is 14.9 Å². The molecule has 0 heterocycles. The third kappa shape index (κ3) is 5.19. The molecule has 0 unspecified atom stereocenters. The van der Waals surface area contributed by atoms with Gasteiger partial charge in [0.1, 0.15) is 5.75 Å². The number of para-hydroxylation sites is 1. The third-order valence-electron chi connectivity index (χ3n) is 3.75. The first kappa shape index (κ1) is 20.7. The van der Waals surface area contributed by atoms with E-state index in [1.807, 2.05) is 6.92 Å². The van der Waals surface area contributed by atoms with Crippen LogP contribution in [0.25, 0.3) is 0 Å². The summed E-state index contributed by atoms with van der Waals surface area (Å²) in [5.41, 5.74) is 2.39. The largest absolute Gasteiger partial charge is 0.507 e. The highest BCUT2D eigenvalue weighted by atomic mass is 16.6. The van der Waals surface area contributed by atoms with Gasteiger partial charge in [-0.1, -0.05) is 25.5 Å². The van der Waals surface area contributed by atoms with Gasteiger partial charge in [0.05, 0.1) is 30.4 Å². The Bertz CT molecular complexity index is 882. The van der Waals surface area contributed by atoms with Crippen molar-refractivity contribution >= 4 is 17.8 Å². The molecule has 1 amide bonds. The molecular weight excluding hydrogens is 366 g/mol. The van der Waals surface area contributed by atoms with Crippen LogP contribution >= 0.6 is 0 Å². The number of nitrogens with one attached hydrogen (secondary N) is 1. The minimum atomic E-state index is -0.615. The van der Waals surface area contributed by atoms with Crippen molar-refractivity contribution in [3.8, 4) is 17.2 Å². The number of nitrogens with zero attached hydrogens (tertiary/aromatic N) is 2. The molecule has 0 saturated heterocycles. The van der Waals surface area contributed by atoms with Crippen LogP contribution in [0.1, 0.15) is 35.7 Å². The summed E-state index contributed by atoms with van der Waals surface area (Å²) in [5, 5.41) is 24.9. The van der Waals surface area contributed by atoms with E-state index in [9.17, 15) is 20.0 Å². The van der Waals surface area contributed by atoms with Gasteiger partial charge in [-0.2, -0.15) is 5.10 Å². The number of nitro benzene ring substituents is 1. The van der Waals surface area contributed by atoms with E-state index in [-0.39, 0.29) is 28.5 Å².